The third kappa shape index (κ3) is 3.89. The van der Waals surface area contributed by atoms with E-state index in [1.54, 1.807) is 0 Å². The third-order valence-corrected chi connectivity index (χ3v) is 3.76. The number of aryl methyl sites for hydroxylation is 1. The highest BCUT2D eigenvalue weighted by Gasteiger charge is 2.27. The molecule has 1 saturated carbocycles. The minimum Gasteiger partial charge on any atom is -0.488 e. The Kier molecular flexibility index (Phi) is 4.88. The van der Waals surface area contributed by atoms with Gasteiger partial charge < -0.3 is 15.4 Å². The van der Waals surface area contributed by atoms with Gasteiger partial charge in [0.2, 0.25) is 0 Å². The second-order valence-electron chi connectivity index (χ2n) is 5.45. The molecule has 2 N–H and O–H groups in total. The van der Waals surface area contributed by atoms with Crippen molar-refractivity contribution in [3.8, 4) is 5.75 Å². The molecule has 0 bridgehead atoms. The summed E-state index contributed by atoms with van der Waals surface area (Å²) in [5.41, 5.74) is 7.16. The molecule has 0 saturated heterocycles. The molecule has 1 aliphatic rings. The minimum atomic E-state index is 0.0715. The molecule has 0 amide bonds. The van der Waals surface area contributed by atoms with E-state index in [9.17, 15) is 0 Å². The maximum Gasteiger partial charge on any atom is 0.191 e. The number of ether oxygens (including phenoxy) is 1. The van der Waals surface area contributed by atoms with E-state index in [1.165, 1.54) is 12.8 Å². The monoisotopic (exact) mass is 275 g/mol. The second-order valence-corrected chi connectivity index (χ2v) is 5.45. The second kappa shape index (κ2) is 6.64. The summed E-state index contributed by atoms with van der Waals surface area (Å²) in [6, 6.07) is 8.66. The molecular formula is C16H25N3O. The summed E-state index contributed by atoms with van der Waals surface area (Å²) in [5.74, 6) is 1.56. The summed E-state index contributed by atoms with van der Waals surface area (Å²) < 4.78 is 6.02. The van der Waals surface area contributed by atoms with Gasteiger partial charge in [0.25, 0.3) is 0 Å². The number of nitrogens with two attached hydrogens (primary N) is 1. The van der Waals surface area contributed by atoms with Crippen LogP contribution in [0.2, 0.25) is 0 Å². The zero-order valence-corrected chi connectivity index (χ0v) is 12.7. The molecule has 110 valence electrons. The molecular weight excluding hydrogens is 250 g/mol. The van der Waals surface area contributed by atoms with Crippen LogP contribution >= 0.6 is 0 Å². The molecule has 2 rings (SSSR count). The van der Waals surface area contributed by atoms with Gasteiger partial charge in [0.15, 0.2) is 5.96 Å². The lowest BCUT2D eigenvalue weighted by Crippen LogP contribution is -2.36. The van der Waals surface area contributed by atoms with E-state index < -0.39 is 0 Å². The van der Waals surface area contributed by atoms with Crippen molar-refractivity contribution in [1.29, 1.82) is 0 Å². The van der Waals surface area contributed by atoms with Gasteiger partial charge in [0, 0.05) is 13.1 Å². The standard InChI is InChI=1S/C16H25N3O/c1-4-14(20-15-8-6-5-7-12(15)2)11-18-16(17)19(3)13-9-10-13/h5-8,13-14H,4,9-11H2,1-3H3,(H2,17,18). The molecule has 4 heteroatoms. The van der Waals surface area contributed by atoms with E-state index in [0.29, 0.717) is 18.5 Å². The van der Waals surface area contributed by atoms with Gasteiger partial charge in [-0.3, -0.25) is 0 Å². The lowest BCUT2D eigenvalue weighted by molar-refractivity contribution is 0.204. The summed E-state index contributed by atoms with van der Waals surface area (Å²) in [6.07, 6.45) is 3.44. The van der Waals surface area contributed by atoms with E-state index in [2.05, 4.69) is 29.8 Å². The van der Waals surface area contributed by atoms with Crippen LogP contribution in [0.15, 0.2) is 29.3 Å². The molecule has 20 heavy (non-hydrogen) atoms. The van der Waals surface area contributed by atoms with Crippen molar-refractivity contribution < 1.29 is 4.74 Å². The van der Waals surface area contributed by atoms with Gasteiger partial charge in [-0.1, -0.05) is 25.1 Å². The summed E-state index contributed by atoms with van der Waals surface area (Å²) in [6.45, 7) is 4.77. The number of nitrogens with zero attached hydrogens (tertiary/aromatic N) is 2. The van der Waals surface area contributed by atoms with E-state index in [4.69, 9.17) is 10.5 Å². The molecule has 0 spiro atoms. The van der Waals surface area contributed by atoms with Crippen LogP contribution in [0.25, 0.3) is 0 Å². The molecule has 1 aromatic rings. The molecule has 0 radical (unpaired) electrons. The van der Waals surface area contributed by atoms with Crippen LogP contribution in [0, 0.1) is 6.92 Å². The average molecular weight is 275 g/mol. The van der Waals surface area contributed by atoms with Crippen LogP contribution < -0.4 is 10.5 Å². The van der Waals surface area contributed by atoms with Crippen molar-refractivity contribution in [2.75, 3.05) is 13.6 Å². The van der Waals surface area contributed by atoms with Gasteiger partial charge in [-0.2, -0.15) is 0 Å². The van der Waals surface area contributed by atoms with Gasteiger partial charge in [-0.25, -0.2) is 4.99 Å². The smallest absolute Gasteiger partial charge is 0.191 e. The quantitative estimate of drug-likeness (QED) is 0.641. The minimum absolute atomic E-state index is 0.0715. The average Bonchev–Trinajstić information content (AvgIpc) is 3.28. The summed E-state index contributed by atoms with van der Waals surface area (Å²) >= 11 is 0. The van der Waals surface area contributed by atoms with Crippen LogP contribution in [-0.2, 0) is 0 Å². The van der Waals surface area contributed by atoms with Crippen LogP contribution in [0.1, 0.15) is 31.7 Å². The maximum atomic E-state index is 6.02. The van der Waals surface area contributed by atoms with Gasteiger partial charge >= 0.3 is 0 Å². The third-order valence-electron chi connectivity index (χ3n) is 3.76. The van der Waals surface area contributed by atoms with Crippen LogP contribution in [0.4, 0.5) is 0 Å². The Morgan fingerprint density at radius 1 is 1.45 bits per heavy atom. The number of rotatable bonds is 6. The number of hydrogen-bond acceptors (Lipinski definition) is 2. The Morgan fingerprint density at radius 2 is 2.15 bits per heavy atom. The van der Waals surface area contributed by atoms with Crippen molar-refractivity contribution in [3.63, 3.8) is 0 Å². The lowest BCUT2D eigenvalue weighted by atomic mass is 10.2. The van der Waals surface area contributed by atoms with Crippen LogP contribution in [0.3, 0.4) is 0 Å². The van der Waals surface area contributed by atoms with Crippen LogP contribution in [0.5, 0.6) is 5.75 Å². The Bertz CT molecular complexity index is 469. The zero-order valence-electron chi connectivity index (χ0n) is 12.7. The maximum absolute atomic E-state index is 6.02. The number of hydrogen-bond donors (Lipinski definition) is 1. The molecule has 4 nitrogen and oxygen atoms in total. The zero-order chi connectivity index (χ0) is 14.5. The van der Waals surface area contributed by atoms with Crippen molar-refractivity contribution in [3.05, 3.63) is 29.8 Å². The summed E-state index contributed by atoms with van der Waals surface area (Å²) in [7, 11) is 2.01. The number of guanidine groups is 1. The number of aliphatic imine (C=N–C) groups is 1. The highest BCUT2D eigenvalue weighted by atomic mass is 16.5. The van der Waals surface area contributed by atoms with Gasteiger partial charge in [-0.15, -0.1) is 0 Å². The molecule has 1 fully saturated rings. The largest absolute Gasteiger partial charge is 0.488 e. The number of benzene rings is 1. The highest BCUT2D eigenvalue weighted by molar-refractivity contribution is 5.78. The first kappa shape index (κ1) is 14.7. The summed E-state index contributed by atoms with van der Waals surface area (Å²) in [5, 5.41) is 0. The van der Waals surface area contributed by atoms with Crippen molar-refractivity contribution in [2.45, 2.75) is 45.3 Å². The molecule has 1 unspecified atom stereocenters. The molecule has 1 aliphatic carbocycles. The fourth-order valence-electron chi connectivity index (χ4n) is 2.07. The Balaban J connectivity index is 1.92. The first-order valence-electron chi connectivity index (χ1n) is 7.36. The van der Waals surface area contributed by atoms with Gasteiger partial charge in [-0.05, 0) is 37.8 Å². The van der Waals surface area contributed by atoms with E-state index in [-0.39, 0.29) is 6.10 Å². The number of para-hydroxylation sites is 1. The lowest BCUT2D eigenvalue weighted by Gasteiger charge is -2.20. The van der Waals surface area contributed by atoms with Gasteiger partial charge in [0.05, 0.1) is 6.54 Å². The van der Waals surface area contributed by atoms with Crippen LogP contribution in [-0.4, -0.2) is 36.6 Å². The Labute approximate surface area is 121 Å². The van der Waals surface area contributed by atoms with E-state index >= 15 is 0 Å². The highest BCUT2D eigenvalue weighted by Crippen LogP contribution is 2.25. The Hall–Kier alpha value is -1.71. The molecule has 0 aromatic heterocycles. The predicted molar refractivity (Wildman–Crippen MR) is 83.2 cm³/mol. The van der Waals surface area contributed by atoms with Crippen molar-refractivity contribution in [2.24, 2.45) is 10.7 Å². The van der Waals surface area contributed by atoms with E-state index in [1.807, 2.05) is 25.2 Å². The molecule has 0 aliphatic heterocycles. The van der Waals surface area contributed by atoms with E-state index in [0.717, 1.165) is 17.7 Å². The Morgan fingerprint density at radius 3 is 2.75 bits per heavy atom. The van der Waals surface area contributed by atoms with Crippen molar-refractivity contribution >= 4 is 5.96 Å². The molecule has 1 atom stereocenters. The molecule has 1 aromatic carbocycles. The SMILES string of the molecule is CCC(CN=C(N)N(C)C1CC1)Oc1ccccc1C. The normalized spacial score (nSPS) is 16.9. The predicted octanol–water partition coefficient (Wildman–Crippen LogP) is 2.56. The topological polar surface area (TPSA) is 50.8 Å². The van der Waals surface area contributed by atoms with Gasteiger partial charge in [0.1, 0.15) is 11.9 Å². The first-order valence-corrected chi connectivity index (χ1v) is 7.36. The molecule has 0 heterocycles. The fourth-order valence-corrected chi connectivity index (χ4v) is 2.07. The first-order chi connectivity index (χ1) is 9.61. The summed E-state index contributed by atoms with van der Waals surface area (Å²) in [4.78, 5) is 6.55. The van der Waals surface area contributed by atoms with Crippen molar-refractivity contribution in [1.82, 2.24) is 4.90 Å². The fraction of sp³-hybridized carbons (Fsp3) is 0.562.